The Bertz CT molecular complexity index is 999. The van der Waals surface area contributed by atoms with Gasteiger partial charge in [-0.15, -0.1) is 0 Å². The van der Waals surface area contributed by atoms with Gasteiger partial charge in [0.2, 0.25) is 5.75 Å². The van der Waals surface area contributed by atoms with Crippen LogP contribution in [0.4, 0.5) is 0 Å². The Morgan fingerprint density at radius 1 is 1.03 bits per heavy atom. The SMILES string of the molecule is COc1cc(C(=O)N2N=C(c3ccco3)C[C@@H]2c2ccco2)cc(OC)c1OC. The Morgan fingerprint density at radius 3 is 2.28 bits per heavy atom. The molecule has 0 N–H and O–H groups in total. The Kier molecular flexibility index (Phi) is 4.99. The van der Waals surface area contributed by atoms with Gasteiger partial charge in [0, 0.05) is 12.0 Å². The lowest BCUT2D eigenvalue weighted by Gasteiger charge is -2.21. The van der Waals surface area contributed by atoms with Crippen molar-refractivity contribution in [1.29, 1.82) is 0 Å². The van der Waals surface area contributed by atoms with E-state index in [1.165, 1.54) is 26.3 Å². The molecular formula is C21H20N2O6. The topological polar surface area (TPSA) is 86.6 Å². The predicted octanol–water partition coefficient (Wildman–Crippen LogP) is 3.89. The van der Waals surface area contributed by atoms with E-state index >= 15 is 0 Å². The summed E-state index contributed by atoms with van der Waals surface area (Å²) in [5.41, 5.74) is 1.01. The molecule has 3 heterocycles. The third-order valence-electron chi connectivity index (χ3n) is 4.71. The molecule has 0 bridgehead atoms. The molecule has 0 radical (unpaired) electrons. The van der Waals surface area contributed by atoms with Crippen molar-refractivity contribution in [2.45, 2.75) is 12.5 Å². The second-order valence-electron chi connectivity index (χ2n) is 6.32. The number of methoxy groups -OCH3 is 3. The Labute approximate surface area is 167 Å². The van der Waals surface area contributed by atoms with Gasteiger partial charge in [-0.05, 0) is 36.4 Å². The molecule has 150 valence electrons. The van der Waals surface area contributed by atoms with Crippen LogP contribution in [0.25, 0.3) is 0 Å². The number of amides is 1. The fraction of sp³-hybridized carbons (Fsp3) is 0.238. The second-order valence-corrected chi connectivity index (χ2v) is 6.32. The number of ether oxygens (including phenoxy) is 3. The van der Waals surface area contributed by atoms with Crippen LogP contribution in [-0.4, -0.2) is 38.0 Å². The minimum absolute atomic E-state index is 0.327. The van der Waals surface area contributed by atoms with Crippen molar-refractivity contribution in [1.82, 2.24) is 5.01 Å². The van der Waals surface area contributed by atoms with E-state index in [2.05, 4.69) is 5.10 Å². The molecule has 1 aromatic carbocycles. The number of rotatable bonds is 6. The Hall–Kier alpha value is -3.68. The Morgan fingerprint density at radius 2 is 1.72 bits per heavy atom. The molecule has 0 saturated carbocycles. The molecule has 8 nitrogen and oxygen atoms in total. The van der Waals surface area contributed by atoms with E-state index in [0.29, 0.717) is 46.5 Å². The highest BCUT2D eigenvalue weighted by molar-refractivity contribution is 6.03. The van der Waals surface area contributed by atoms with Gasteiger partial charge < -0.3 is 23.0 Å². The van der Waals surface area contributed by atoms with E-state index in [4.69, 9.17) is 23.0 Å². The van der Waals surface area contributed by atoms with Crippen molar-refractivity contribution in [2.24, 2.45) is 5.10 Å². The molecule has 29 heavy (non-hydrogen) atoms. The third-order valence-corrected chi connectivity index (χ3v) is 4.71. The number of carbonyl (C=O) groups excluding carboxylic acids is 1. The molecule has 0 fully saturated rings. The van der Waals surface area contributed by atoms with Crippen LogP contribution in [0.15, 0.2) is 62.9 Å². The highest BCUT2D eigenvalue weighted by Crippen LogP contribution is 2.40. The van der Waals surface area contributed by atoms with Crippen LogP contribution in [0.3, 0.4) is 0 Å². The largest absolute Gasteiger partial charge is 0.493 e. The maximum absolute atomic E-state index is 13.4. The van der Waals surface area contributed by atoms with Gasteiger partial charge in [0.05, 0.1) is 33.9 Å². The van der Waals surface area contributed by atoms with Crippen LogP contribution in [0.2, 0.25) is 0 Å². The van der Waals surface area contributed by atoms with Crippen molar-refractivity contribution >= 4 is 11.6 Å². The van der Waals surface area contributed by atoms with E-state index < -0.39 is 6.04 Å². The fourth-order valence-electron chi connectivity index (χ4n) is 3.33. The summed E-state index contributed by atoms with van der Waals surface area (Å²) >= 11 is 0. The quantitative estimate of drug-likeness (QED) is 0.628. The minimum Gasteiger partial charge on any atom is -0.493 e. The summed E-state index contributed by atoms with van der Waals surface area (Å²) in [6, 6.07) is 10.0. The summed E-state index contributed by atoms with van der Waals surface area (Å²) in [5.74, 6) is 2.11. The third kappa shape index (κ3) is 3.33. The van der Waals surface area contributed by atoms with Crippen molar-refractivity contribution in [3.8, 4) is 17.2 Å². The van der Waals surface area contributed by atoms with E-state index in [-0.39, 0.29) is 5.91 Å². The fourth-order valence-corrected chi connectivity index (χ4v) is 3.33. The van der Waals surface area contributed by atoms with Crippen LogP contribution in [-0.2, 0) is 0 Å². The lowest BCUT2D eigenvalue weighted by atomic mass is 10.1. The predicted molar refractivity (Wildman–Crippen MR) is 104 cm³/mol. The van der Waals surface area contributed by atoms with Gasteiger partial charge in [-0.1, -0.05) is 0 Å². The normalized spacial score (nSPS) is 15.9. The number of hydrazone groups is 1. The summed E-state index contributed by atoms with van der Waals surface area (Å²) < 4.78 is 27.1. The van der Waals surface area contributed by atoms with Crippen molar-refractivity contribution in [3.63, 3.8) is 0 Å². The van der Waals surface area contributed by atoms with Gasteiger partial charge in [-0.3, -0.25) is 4.79 Å². The molecule has 0 saturated heterocycles. The number of nitrogens with zero attached hydrogens (tertiary/aromatic N) is 2. The second kappa shape index (κ2) is 7.75. The highest BCUT2D eigenvalue weighted by Gasteiger charge is 2.36. The molecule has 1 aliphatic rings. The first-order chi connectivity index (χ1) is 14.2. The zero-order chi connectivity index (χ0) is 20.4. The molecule has 1 atom stereocenters. The first-order valence-electron chi connectivity index (χ1n) is 8.94. The van der Waals surface area contributed by atoms with Crippen LogP contribution in [0.5, 0.6) is 17.2 Å². The van der Waals surface area contributed by atoms with Gasteiger partial charge in [0.15, 0.2) is 11.5 Å². The summed E-state index contributed by atoms with van der Waals surface area (Å²) in [4.78, 5) is 13.4. The Balaban J connectivity index is 1.75. The van der Waals surface area contributed by atoms with Gasteiger partial charge >= 0.3 is 0 Å². The molecule has 0 spiro atoms. The molecule has 2 aromatic heterocycles. The van der Waals surface area contributed by atoms with Crippen LogP contribution in [0.1, 0.15) is 34.3 Å². The average Bonchev–Trinajstić information content (AvgIpc) is 3.51. The molecule has 1 amide bonds. The van der Waals surface area contributed by atoms with Gasteiger partial charge in [0.1, 0.15) is 23.3 Å². The zero-order valence-corrected chi connectivity index (χ0v) is 16.2. The van der Waals surface area contributed by atoms with Crippen molar-refractivity contribution in [3.05, 3.63) is 66.0 Å². The number of carbonyl (C=O) groups is 1. The number of benzene rings is 1. The van der Waals surface area contributed by atoms with Gasteiger partial charge in [-0.25, -0.2) is 5.01 Å². The van der Waals surface area contributed by atoms with E-state index in [9.17, 15) is 4.79 Å². The van der Waals surface area contributed by atoms with Crippen LogP contribution >= 0.6 is 0 Å². The summed E-state index contributed by atoms with van der Waals surface area (Å²) in [6.45, 7) is 0. The average molecular weight is 396 g/mol. The summed E-state index contributed by atoms with van der Waals surface area (Å²) in [6.07, 6.45) is 3.61. The van der Waals surface area contributed by atoms with Crippen molar-refractivity contribution in [2.75, 3.05) is 21.3 Å². The minimum atomic E-state index is -0.392. The first kappa shape index (κ1) is 18.7. The maximum atomic E-state index is 13.4. The highest BCUT2D eigenvalue weighted by atomic mass is 16.5. The molecular weight excluding hydrogens is 376 g/mol. The monoisotopic (exact) mass is 396 g/mol. The lowest BCUT2D eigenvalue weighted by Crippen LogP contribution is -2.27. The lowest BCUT2D eigenvalue weighted by molar-refractivity contribution is 0.0692. The molecule has 1 aliphatic heterocycles. The number of hydrogen-bond acceptors (Lipinski definition) is 7. The van der Waals surface area contributed by atoms with Gasteiger partial charge in [0.25, 0.3) is 5.91 Å². The van der Waals surface area contributed by atoms with Crippen LogP contribution < -0.4 is 14.2 Å². The summed E-state index contributed by atoms with van der Waals surface area (Å²) in [7, 11) is 4.51. The van der Waals surface area contributed by atoms with E-state index in [1.807, 2.05) is 12.1 Å². The van der Waals surface area contributed by atoms with E-state index in [1.54, 1.807) is 36.8 Å². The molecule has 0 aliphatic carbocycles. The molecule has 0 unspecified atom stereocenters. The van der Waals surface area contributed by atoms with E-state index in [0.717, 1.165) is 0 Å². The first-order valence-corrected chi connectivity index (χ1v) is 8.94. The van der Waals surface area contributed by atoms with Crippen molar-refractivity contribution < 1.29 is 27.8 Å². The summed E-state index contributed by atoms with van der Waals surface area (Å²) in [5, 5.41) is 5.93. The molecule has 4 rings (SSSR count). The molecule has 3 aromatic rings. The standard InChI is InChI=1S/C21H20N2O6/c1-25-18-10-13(11-19(26-2)20(18)27-3)21(24)23-15(17-7-5-9-29-17)12-14(22-23)16-6-4-8-28-16/h4-11,15H,12H2,1-3H3/t15-/m1/s1. The molecule has 8 heteroatoms. The number of hydrogen-bond donors (Lipinski definition) is 0. The zero-order valence-electron chi connectivity index (χ0n) is 16.2. The smallest absolute Gasteiger partial charge is 0.274 e. The van der Waals surface area contributed by atoms with Gasteiger partial charge in [-0.2, -0.15) is 5.10 Å². The van der Waals surface area contributed by atoms with Crippen LogP contribution in [0, 0.1) is 0 Å². The number of furan rings is 2. The maximum Gasteiger partial charge on any atom is 0.274 e.